The highest BCUT2D eigenvalue weighted by atomic mass is 19.1. The third-order valence-electron chi connectivity index (χ3n) is 4.87. The summed E-state index contributed by atoms with van der Waals surface area (Å²) in [7, 11) is 0. The number of benzene rings is 3. The van der Waals surface area contributed by atoms with E-state index in [-0.39, 0.29) is 17.8 Å². The fraction of sp³-hybridized carbons (Fsp3) is 0.130. The molecule has 7 heteroatoms. The first-order chi connectivity index (χ1) is 14.5. The van der Waals surface area contributed by atoms with Gasteiger partial charge in [0, 0.05) is 5.56 Å². The summed E-state index contributed by atoms with van der Waals surface area (Å²) < 4.78 is 15.0. The van der Waals surface area contributed by atoms with E-state index < -0.39 is 0 Å². The van der Waals surface area contributed by atoms with Gasteiger partial charge >= 0.3 is 0 Å². The second-order valence-electron chi connectivity index (χ2n) is 7.14. The van der Waals surface area contributed by atoms with Gasteiger partial charge in [0.05, 0.1) is 11.7 Å². The van der Waals surface area contributed by atoms with Crippen LogP contribution >= 0.6 is 0 Å². The van der Waals surface area contributed by atoms with Gasteiger partial charge in [-0.15, -0.1) is 5.10 Å². The van der Waals surface area contributed by atoms with Gasteiger partial charge in [0.1, 0.15) is 12.1 Å². The molecule has 0 aliphatic carbocycles. The SMILES string of the molecule is Cc1ccc(-c2cc(C(=O)NC(C)c3cccc(F)c3)cc(-n3cnnn3)c2)cc1. The van der Waals surface area contributed by atoms with Crippen LogP contribution in [0.3, 0.4) is 0 Å². The molecule has 0 aliphatic heterocycles. The van der Waals surface area contributed by atoms with Crippen molar-refractivity contribution in [3.05, 3.63) is 95.6 Å². The fourth-order valence-electron chi connectivity index (χ4n) is 3.21. The Morgan fingerprint density at radius 2 is 1.83 bits per heavy atom. The number of halogens is 1. The van der Waals surface area contributed by atoms with Gasteiger partial charge in [-0.2, -0.15) is 0 Å². The molecule has 6 nitrogen and oxygen atoms in total. The molecular formula is C23H20FN5O. The van der Waals surface area contributed by atoms with Gasteiger partial charge in [-0.3, -0.25) is 4.79 Å². The molecule has 30 heavy (non-hydrogen) atoms. The second kappa shape index (κ2) is 8.24. The number of aromatic nitrogens is 4. The predicted octanol–water partition coefficient (Wildman–Crippen LogP) is 4.27. The Morgan fingerprint density at radius 3 is 2.53 bits per heavy atom. The van der Waals surface area contributed by atoms with Crippen LogP contribution in [0.1, 0.15) is 34.5 Å². The molecule has 1 atom stereocenters. The molecule has 0 spiro atoms. The summed E-state index contributed by atoms with van der Waals surface area (Å²) in [6.45, 7) is 3.84. The zero-order chi connectivity index (χ0) is 21.1. The van der Waals surface area contributed by atoms with E-state index in [0.29, 0.717) is 16.8 Å². The Bertz CT molecular complexity index is 1170. The van der Waals surface area contributed by atoms with Crippen molar-refractivity contribution >= 4 is 5.91 Å². The highest BCUT2D eigenvalue weighted by molar-refractivity contribution is 5.96. The lowest BCUT2D eigenvalue weighted by Gasteiger charge is -2.16. The first kappa shape index (κ1) is 19.4. The quantitative estimate of drug-likeness (QED) is 0.542. The Morgan fingerprint density at radius 1 is 1.03 bits per heavy atom. The lowest BCUT2D eigenvalue weighted by molar-refractivity contribution is 0.0940. The monoisotopic (exact) mass is 401 g/mol. The number of hydrogen-bond donors (Lipinski definition) is 1. The van der Waals surface area contributed by atoms with Crippen LogP contribution in [-0.4, -0.2) is 26.1 Å². The van der Waals surface area contributed by atoms with Crippen molar-refractivity contribution in [2.75, 3.05) is 0 Å². The van der Waals surface area contributed by atoms with E-state index in [1.165, 1.54) is 23.1 Å². The molecule has 1 N–H and O–H groups in total. The number of carbonyl (C=O) groups excluding carboxylic acids is 1. The molecule has 4 rings (SSSR count). The van der Waals surface area contributed by atoms with Gasteiger partial charge < -0.3 is 5.32 Å². The van der Waals surface area contributed by atoms with Gasteiger partial charge in [-0.05, 0) is 71.3 Å². The predicted molar refractivity (Wildman–Crippen MR) is 112 cm³/mol. The van der Waals surface area contributed by atoms with Gasteiger partial charge in [0.25, 0.3) is 5.91 Å². The number of tetrazole rings is 1. The van der Waals surface area contributed by atoms with Crippen LogP contribution in [0.5, 0.6) is 0 Å². The summed E-state index contributed by atoms with van der Waals surface area (Å²) in [4.78, 5) is 13.0. The van der Waals surface area contributed by atoms with Crippen molar-refractivity contribution in [1.29, 1.82) is 0 Å². The minimum Gasteiger partial charge on any atom is -0.346 e. The van der Waals surface area contributed by atoms with Crippen LogP contribution in [-0.2, 0) is 0 Å². The van der Waals surface area contributed by atoms with Crippen LogP contribution < -0.4 is 5.32 Å². The van der Waals surface area contributed by atoms with Crippen molar-refractivity contribution in [3.63, 3.8) is 0 Å². The van der Waals surface area contributed by atoms with Gasteiger partial charge in [0.15, 0.2) is 0 Å². The average molecular weight is 401 g/mol. The summed E-state index contributed by atoms with van der Waals surface area (Å²) in [5.74, 6) is -0.606. The minimum atomic E-state index is -0.354. The first-order valence-electron chi connectivity index (χ1n) is 9.51. The molecule has 4 aromatic rings. The molecule has 3 aromatic carbocycles. The highest BCUT2D eigenvalue weighted by Gasteiger charge is 2.15. The van der Waals surface area contributed by atoms with E-state index in [2.05, 4.69) is 20.8 Å². The molecule has 0 radical (unpaired) electrons. The molecule has 0 saturated carbocycles. The number of rotatable bonds is 5. The van der Waals surface area contributed by atoms with E-state index in [1.807, 2.05) is 50.2 Å². The summed E-state index contributed by atoms with van der Waals surface area (Å²) in [5.41, 5.74) is 4.81. The molecule has 1 aromatic heterocycles. The van der Waals surface area contributed by atoms with E-state index >= 15 is 0 Å². The highest BCUT2D eigenvalue weighted by Crippen LogP contribution is 2.25. The second-order valence-corrected chi connectivity index (χ2v) is 7.14. The van der Waals surface area contributed by atoms with Crippen molar-refractivity contribution in [2.24, 2.45) is 0 Å². The largest absolute Gasteiger partial charge is 0.346 e. The topological polar surface area (TPSA) is 72.7 Å². The van der Waals surface area contributed by atoms with Gasteiger partial charge in [-0.25, -0.2) is 9.07 Å². The van der Waals surface area contributed by atoms with Gasteiger partial charge in [0.2, 0.25) is 0 Å². The maximum absolute atomic E-state index is 13.5. The number of aryl methyl sites for hydroxylation is 1. The standard InChI is InChI=1S/C23H20FN5O/c1-15-6-8-17(9-7-15)19-10-20(13-22(12-19)29-14-25-27-28-29)23(30)26-16(2)18-4-3-5-21(24)11-18/h3-14,16H,1-2H3,(H,26,30). The maximum Gasteiger partial charge on any atom is 0.251 e. The fourth-order valence-corrected chi connectivity index (χ4v) is 3.21. The van der Waals surface area contributed by atoms with Crippen LogP contribution in [0.2, 0.25) is 0 Å². The minimum absolute atomic E-state index is 0.268. The zero-order valence-corrected chi connectivity index (χ0v) is 16.6. The maximum atomic E-state index is 13.5. The van der Waals surface area contributed by atoms with E-state index in [1.54, 1.807) is 18.2 Å². The van der Waals surface area contributed by atoms with Gasteiger partial charge in [-0.1, -0.05) is 42.0 Å². The Labute approximate surface area is 173 Å². The number of carbonyl (C=O) groups is 1. The third-order valence-corrected chi connectivity index (χ3v) is 4.87. The van der Waals surface area contributed by atoms with E-state index in [4.69, 9.17) is 0 Å². The Kier molecular flexibility index (Phi) is 5.34. The molecule has 1 unspecified atom stereocenters. The normalized spacial score (nSPS) is 11.8. The summed E-state index contributed by atoms with van der Waals surface area (Å²) in [5, 5.41) is 14.2. The van der Waals surface area contributed by atoms with Crippen LogP contribution in [0.15, 0.2) is 73.1 Å². The molecule has 0 fully saturated rings. The summed E-state index contributed by atoms with van der Waals surface area (Å²) in [6, 6.07) is 19.4. The van der Waals surface area contributed by atoms with Crippen LogP contribution in [0, 0.1) is 12.7 Å². The first-order valence-corrected chi connectivity index (χ1v) is 9.51. The van der Waals surface area contributed by atoms with Crippen LogP contribution in [0.25, 0.3) is 16.8 Å². The Hall–Kier alpha value is -3.87. The molecule has 1 heterocycles. The summed E-state index contributed by atoms with van der Waals surface area (Å²) >= 11 is 0. The molecule has 0 bridgehead atoms. The van der Waals surface area contributed by atoms with E-state index in [9.17, 15) is 9.18 Å². The number of hydrogen-bond acceptors (Lipinski definition) is 4. The number of nitrogens with zero attached hydrogens (tertiary/aromatic N) is 4. The number of nitrogens with one attached hydrogen (secondary N) is 1. The molecular weight excluding hydrogens is 381 g/mol. The lowest BCUT2D eigenvalue weighted by atomic mass is 10.00. The molecule has 0 aliphatic rings. The average Bonchev–Trinajstić information content (AvgIpc) is 3.29. The smallest absolute Gasteiger partial charge is 0.251 e. The third kappa shape index (κ3) is 4.25. The molecule has 150 valence electrons. The van der Waals surface area contributed by atoms with Crippen molar-refractivity contribution in [2.45, 2.75) is 19.9 Å². The lowest BCUT2D eigenvalue weighted by Crippen LogP contribution is -2.26. The summed E-state index contributed by atoms with van der Waals surface area (Å²) in [6.07, 6.45) is 1.48. The Balaban J connectivity index is 1.69. The van der Waals surface area contributed by atoms with E-state index in [0.717, 1.165) is 16.7 Å². The molecule has 1 amide bonds. The zero-order valence-electron chi connectivity index (χ0n) is 16.6. The molecule has 0 saturated heterocycles. The van der Waals surface area contributed by atoms with Crippen molar-refractivity contribution in [3.8, 4) is 16.8 Å². The van der Waals surface area contributed by atoms with Crippen LogP contribution in [0.4, 0.5) is 4.39 Å². The number of amides is 1. The van der Waals surface area contributed by atoms with Crippen molar-refractivity contribution < 1.29 is 9.18 Å². The van der Waals surface area contributed by atoms with Crippen molar-refractivity contribution in [1.82, 2.24) is 25.5 Å².